The molecule has 0 aliphatic carbocycles. The van der Waals surface area contributed by atoms with Gasteiger partial charge in [-0.25, -0.2) is 13.1 Å². The topological polar surface area (TPSA) is 64.6 Å². The van der Waals surface area contributed by atoms with Crippen molar-refractivity contribution in [1.82, 2.24) is 4.72 Å². The molecule has 2 rings (SSSR count). The predicted octanol–water partition coefficient (Wildman–Crippen LogP) is 2.98. The van der Waals surface area contributed by atoms with Gasteiger partial charge in [-0.3, -0.25) is 0 Å². The molecule has 2 aromatic rings. The highest BCUT2D eigenvalue weighted by molar-refractivity contribution is 7.89. The first-order chi connectivity index (χ1) is 11.4. The Labute approximate surface area is 143 Å². The summed E-state index contributed by atoms with van der Waals surface area (Å²) in [4.78, 5) is 0.129. The molecule has 0 aliphatic heterocycles. The summed E-state index contributed by atoms with van der Waals surface area (Å²) in [6.07, 6.45) is -0.364. The molecule has 0 spiro atoms. The summed E-state index contributed by atoms with van der Waals surface area (Å²) in [5, 5.41) is 0. The van der Waals surface area contributed by atoms with Crippen molar-refractivity contribution < 1.29 is 17.9 Å². The van der Waals surface area contributed by atoms with Crippen LogP contribution in [0.3, 0.4) is 0 Å². The van der Waals surface area contributed by atoms with Gasteiger partial charge < -0.3 is 9.47 Å². The standard InChI is InChI=1S/C18H23NO4S/c1-13-9-10-16(22-3)18(11-13)24(20,21)19-12-17(23-4)15-8-6-5-7-14(15)2/h5-11,17,19H,12H2,1-4H3. The molecule has 2 aromatic carbocycles. The van der Waals surface area contributed by atoms with Crippen LogP contribution >= 0.6 is 0 Å². The highest BCUT2D eigenvalue weighted by Crippen LogP contribution is 2.25. The monoisotopic (exact) mass is 349 g/mol. The molecule has 0 saturated heterocycles. The zero-order valence-corrected chi connectivity index (χ0v) is 15.2. The summed E-state index contributed by atoms with van der Waals surface area (Å²) in [7, 11) is -0.685. The number of nitrogens with one attached hydrogen (secondary N) is 1. The molecule has 24 heavy (non-hydrogen) atoms. The minimum Gasteiger partial charge on any atom is -0.495 e. The van der Waals surface area contributed by atoms with Gasteiger partial charge in [0.1, 0.15) is 10.6 Å². The third-order valence-electron chi connectivity index (χ3n) is 3.89. The summed E-state index contributed by atoms with van der Waals surface area (Å²) >= 11 is 0. The van der Waals surface area contributed by atoms with Crippen molar-refractivity contribution >= 4 is 10.0 Å². The highest BCUT2D eigenvalue weighted by atomic mass is 32.2. The lowest BCUT2D eigenvalue weighted by atomic mass is 10.0. The Morgan fingerprint density at radius 2 is 1.79 bits per heavy atom. The lowest BCUT2D eigenvalue weighted by Gasteiger charge is -2.19. The number of ether oxygens (including phenoxy) is 2. The molecule has 0 aromatic heterocycles. The van der Waals surface area contributed by atoms with E-state index in [2.05, 4.69) is 4.72 Å². The smallest absolute Gasteiger partial charge is 0.244 e. The Morgan fingerprint density at radius 3 is 2.42 bits per heavy atom. The maximum absolute atomic E-state index is 12.7. The number of sulfonamides is 1. The van der Waals surface area contributed by atoms with E-state index in [1.165, 1.54) is 7.11 Å². The average Bonchev–Trinajstić information content (AvgIpc) is 2.56. The van der Waals surface area contributed by atoms with Crippen molar-refractivity contribution in [2.45, 2.75) is 24.8 Å². The van der Waals surface area contributed by atoms with Crippen molar-refractivity contribution in [3.8, 4) is 5.75 Å². The summed E-state index contributed by atoms with van der Waals surface area (Å²) in [5.41, 5.74) is 2.86. The molecule has 0 bridgehead atoms. The molecule has 0 saturated carbocycles. The van der Waals surface area contributed by atoms with Crippen LogP contribution in [0.4, 0.5) is 0 Å². The quantitative estimate of drug-likeness (QED) is 0.835. The highest BCUT2D eigenvalue weighted by Gasteiger charge is 2.22. The van der Waals surface area contributed by atoms with Crippen LogP contribution in [0.5, 0.6) is 5.75 Å². The number of aryl methyl sites for hydroxylation is 2. The Hall–Kier alpha value is -1.89. The minimum atomic E-state index is -3.71. The first kappa shape index (κ1) is 18.4. The number of hydrogen-bond acceptors (Lipinski definition) is 4. The molecular formula is C18H23NO4S. The minimum absolute atomic E-state index is 0.129. The molecule has 1 N–H and O–H groups in total. The van der Waals surface area contributed by atoms with E-state index < -0.39 is 10.0 Å². The van der Waals surface area contributed by atoms with Gasteiger partial charge in [-0.05, 0) is 42.7 Å². The van der Waals surface area contributed by atoms with Crippen molar-refractivity contribution in [2.24, 2.45) is 0 Å². The van der Waals surface area contributed by atoms with Crippen molar-refractivity contribution in [2.75, 3.05) is 20.8 Å². The van der Waals surface area contributed by atoms with Crippen LogP contribution in [0.15, 0.2) is 47.4 Å². The number of rotatable bonds is 7. The maximum Gasteiger partial charge on any atom is 0.244 e. The molecular weight excluding hydrogens is 326 g/mol. The fourth-order valence-corrected chi connectivity index (χ4v) is 3.81. The molecule has 1 atom stereocenters. The molecule has 0 heterocycles. The lowest BCUT2D eigenvalue weighted by molar-refractivity contribution is 0.107. The number of benzene rings is 2. The van der Waals surface area contributed by atoms with E-state index in [1.807, 2.05) is 44.2 Å². The van der Waals surface area contributed by atoms with Crippen LogP contribution in [-0.4, -0.2) is 29.2 Å². The van der Waals surface area contributed by atoms with Crippen LogP contribution in [0, 0.1) is 13.8 Å². The molecule has 0 amide bonds. The Balaban J connectivity index is 2.24. The Morgan fingerprint density at radius 1 is 1.08 bits per heavy atom. The average molecular weight is 349 g/mol. The van der Waals surface area contributed by atoms with Gasteiger partial charge in [-0.1, -0.05) is 30.3 Å². The Bertz CT molecular complexity index is 802. The third kappa shape index (κ3) is 4.14. The normalized spacial score (nSPS) is 12.8. The largest absolute Gasteiger partial charge is 0.495 e. The second-order valence-electron chi connectivity index (χ2n) is 5.59. The summed E-state index contributed by atoms with van der Waals surface area (Å²) in [6.45, 7) is 3.95. The van der Waals surface area contributed by atoms with Gasteiger partial charge in [-0.15, -0.1) is 0 Å². The second kappa shape index (κ2) is 7.79. The third-order valence-corrected chi connectivity index (χ3v) is 5.33. The fraction of sp³-hybridized carbons (Fsp3) is 0.333. The van der Waals surface area contributed by atoms with E-state index in [1.54, 1.807) is 19.2 Å². The second-order valence-corrected chi connectivity index (χ2v) is 7.32. The fourth-order valence-electron chi connectivity index (χ4n) is 2.53. The summed E-state index contributed by atoms with van der Waals surface area (Å²) in [6, 6.07) is 12.8. The molecule has 1 unspecified atom stereocenters. The number of methoxy groups -OCH3 is 2. The zero-order chi connectivity index (χ0) is 17.7. The molecule has 6 heteroatoms. The van der Waals surface area contributed by atoms with Gasteiger partial charge in [0, 0.05) is 13.7 Å². The first-order valence-corrected chi connectivity index (χ1v) is 9.10. The van der Waals surface area contributed by atoms with Gasteiger partial charge in [0.2, 0.25) is 10.0 Å². The van der Waals surface area contributed by atoms with Crippen LogP contribution in [-0.2, 0) is 14.8 Å². The van der Waals surface area contributed by atoms with Crippen LogP contribution in [0.2, 0.25) is 0 Å². The SMILES string of the molecule is COc1ccc(C)cc1S(=O)(=O)NCC(OC)c1ccccc1C. The van der Waals surface area contributed by atoms with Gasteiger partial charge in [0.25, 0.3) is 0 Å². The number of hydrogen-bond donors (Lipinski definition) is 1. The van der Waals surface area contributed by atoms with Gasteiger partial charge in [-0.2, -0.15) is 0 Å². The molecule has 0 fully saturated rings. The predicted molar refractivity (Wildman–Crippen MR) is 93.8 cm³/mol. The van der Waals surface area contributed by atoms with Crippen molar-refractivity contribution in [3.63, 3.8) is 0 Å². The maximum atomic E-state index is 12.7. The summed E-state index contributed by atoms with van der Waals surface area (Å²) in [5.74, 6) is 0.318. The van der Waals surface area contributed by atoms with Crippen molar-refractivity contribution in [1.29, 1.82) is 0 Å². The van der Waals surface area contributed by atoms with Crippen LogP contribution < -0.4 is 9.46 Å². The van der Waals surface area contributed by atoms with Crippen LogP contribution in [0.25, 0.3) is 0 Å². The van der Waals surface area contributed by atoms with E-state index in [0.29, 0.717) is 5.75 Å². The first-order valence-electron chi connectivity index (χ1n) is 7.61. The molecule has 0 radical (unpaired) electrons. The van der Waals surface area contributed by atoms with E-state index in [0.717, 1.165) is 16.7 Å². The summed E-state index contributed by atoms with van der Waals surface area (Å²) < 4.78 is 38.6. The van der Waals surface area contributed by atoms with E-state index in [-0.39, 0.29) is 17.5 Å². The van der Waals surface area contributed by atoms with Crippen molar-refractivity contribution in [3.05, 3.63) is 59.2 Å². The Kier molecular flexibility index (Phi) is 5.99. The lowest BCUT2D eigenvalue weighted by Crippen LogP contribution is -2.30. The van der Waals surface area contributed by atoms with Gasteiger partial charge >= 0.3 is 0 Å². The molecule has 0 aliphatic rings. The van der Waals surface area contributed by atoms with Gasteiger partial charge in [0.15, 0.2) is 0 Å². The van der Waals surface area contributed by atoms with E-state index >= 15 is 0 Å². The van der Waals surface area contributed by atoms with E-state index in [4.69, 9.17) is 9.47 Å². The zero-order valence-electron chi connectivity index (χ0n) is 14.4. The van der Waals surface area contributed by atoms with Crippen LogP contribution in [0.1, 0.15) is 22.8 Å². The van der Waals surface area contributed by atoms with E-state index in [9.17, 15) is 8.42 Å². The molecule has 130 valence electrons. The molecule has 5 nitrogen and oxygen atoms in total. The van der Waals surface area contributed by atoms with Gasteiger partial charge in [0.05, 0.1) is 13.2 Å².